The van der Waals surface area contributed by atoms with Crippen molar-refractivity contribution >= 4 is 39.5 Å². The molecule has 0 radical (unpaired) electrons. The van der Waals surface area contributed by atoms with Crippen LogP contribution >= 0.6 is 15.6 Å². The van der Waals surface area contributed by atoms with Crippen LogP contribution in [0.25, 0.3) is 0 Å². The van der Waals surface area contributed by atoms with Crippen LogP contribution in [0.3, 0.4) is 0 Å². The molecule has 3 N–H and O–H groups in total. The SMILES string of the molecule is CCCCCCCCCCCCCCCCCC(=O)OC[C@H](COP(=O)(O)OC[C@@H](O)COP(=O)(O)OC[C@@H](COC(=O)CCCCCCCCCCCCC)OC(=O)CCCCCCCCCCC(C)CC)OC(=O)CCCCCCCCCCCCCCCCCCCCC(C)CC. The first-order valence-electron chi connectivity index (χ1n) is 42.1. The van der Waals surface area contributed by atoms with Gasteiger partial charge in [-0.3, -0.25) is 37.3 Å². The molecule has 0 aliphatic heterocycles. The molecule has 0 fully saturated rings. The number of carbonyl (C=O) groups is 4. The van der Waals surface area contributed by atoms with Crippen molar-refractivity contribution in [3.63, 3.8) is 0 Å². The van der Waals surface area contributed by atoms with E-state index in [2.05, 4.69) is 41.5 Å². The van der Waals surface area contributed by atoms with E-state index in [4.69, 9.17) is 37.0 Å². The number of carbonyl (C=O) groups excluding carboxylic acids is 4. The van der Waals surface area contributed by atoms with Crippen LogP contribution in [0.2, 0.25) is 0 Å². The maximum atomic E-state index is 13.1. The van der Waals surface area contributed by atoms with E-state index >= 15 is 0 Å². The monoisotopic (exact) mass is 1470 g/mol. The van der Waals surface area contributed by atoms with Crippen molar-refractivity contribution in [2.24, 2.45) is 11.8 Å². The first kappa shape index (κ1) is 98.1. The van der Waals surface area contributed by atoms with Crippen LogP contribution in [0, 0.1) is 11.8 Å². The molecule has 0 aliphatic carbocycles. The second-order valence-electron chi connectivity index (χ2n) is 29.6. The van der Waals surface area contributed by atoms with E-state index in [1.165, 1.54) is 244 Å². The van der Waals surface area contributed by atoms with Gasteiger partial charge in [-0.1, -0.05) is 375 Å². The Morgan fingerprint density at radius 1 is 0.280 bits per heavy atom. The summed E-state index contributed by atoms with van der Waals surface area (Å²) in [6.45, 7) is 9.69. The normalized spacial score (nSPS) is 14.4. The fourth-order valence-corrected chi connectivity index (χ4v) is 14.1. The average Bonchev–Trinajstić information content (AvgIpc) is 0.917. The lowest BCUT2D eigenvalue weighted by Crippen LogP contribution is -2.30. The van der Waals surface area contributed by atoms with Gasteiger partial charge in [0.05, 0.1) is 26.4 Å². The maximum absolute atomic E-state index is 13.1. The summed E-state index contributed by atoms with van der Waals surface area (Å²) in [5, 5.41) is 10.6. The number of rotatable bonds is 80. The minimum absolute atomic E-state index is 0.106. The van der Waals surface area contributed by atoms with Gasteiger partial charge in [0.1, 0.15) is 19.3 Å². The standard InChI is InChI=1S/C81H158O17P2/c1-7-11-13-15-17-19-21-22-27-31-35-39-46-52-58-64-79(84)92-69-76(97-80(85)65-59-53-47-40-36-32-29-26-24-23-25-28-30-34-37-43-49-55-61-73(5)9-3)71-95-99(87,88)93-67-75(82)68-94-100(89,90)96-72-77(70-91-78(83)63-57-51-45-38-33-20-18-16-14-12-8-2)98-81(86)66-60-54-48-42-41-44-50-56-62-74(6)10-4/h73-77,82H,7-72H2,1-6H3,(H,87,88)(H,89,90)/t73?,74?,75-,76-,77-/m1/s1. The van der Waals surface area contributed by atoms with Crippen molar-refractivity contribution in [3.05, 3.63) is 0 Å². The molecule has 0 aromatic heterocycles. The van der Waals surface area contributed by atoms with Crippen LogP contribution in [0.4, 0.5) is 0 Å². The summed E-state index contributed by atoms with van der Waals surface area (Å²) in [5.74, 6) is -0.468. The Hall–Kier alpha value is -1.94. The van der Waals surface area contributed by atoms with E-state index in [1.54, 1.807) is 0 Å². The Morgan fingerprint density at radius 2 is 0.480 bits per heavy atom. The van der Waals surface area contributed by atoms with Gasteiger partial charge < -0.3 is 33.8 Å². The number of aliphatic hydroxyl groups is 1. The molecule has 0 aliphatic rings. The van der Waals surface area contributed by atoms with Gasteiger partial charge in [-0.25, -0.2) is 9.13 Å². The zero-order valence-electron chi connectivity index (χ0n) is 65.5. The highest BCUT2D eigenvalue weighted by molar-refractivity contribution is 7.47. The molecule has 0 saturated heterocycles. The molecule has 0 spiro atoms. The van der Waals surface area contributed by atoms with E-state index in [-0.39, 0.29) is 25.7 Å². The quantitative estimate of drug-likeness (QED) is 0.0222. The number of aliphatic hydroxyl groups excluding tert-OH is 1. The van der Waals surface area contributed by atoms with Gasteiger partial charge in [0, 0.05) is 25.7 Å². The molecule has 0 rings (SSSR count). The molecule has 0 heterocycles. The minimum atomic E-state index is -4.96. The molecule has 17 nitrogen and oxygen atoms in total. The molecule has 0 aromatic carbocycles. The molecule has 100 heavy (non-hydrogen) atoms. The number of hydrogen-bond acceptors (Lipinski definition) is 15. The molecule has 19 heteroatoms. The Morgan fingerprint density at radius 3 is 0.710 bits per heavy atom. The smallest absolute Gasteiger partial charge is 0.462 e. The lowest BCUT2D eigenvalue weighted by Gasteiger charge is -2.21. The van der Waals surface area contributed by atoms with Crippen LogP contribution in [-0.4, -0.2) is 96.7 Å². The number of unbranched alkanes of at least 4 members (excludes halogenated alkanes) is 48. The molecule has 4 unspecified atom stereocenters. The number of phosphoric ester groups is 2. The largest absolute Gasteiger partial charge is 0.472 e. The summed E-state index contributed by atoms with van der Waals surface area (Å²) < 4.78 is 68.7. The van der Waals surface area contributed by atoms with Crippen LogP contribution < -0.4 is 0 Å². The highest BCUT2D eigenvalue weighted by Crippen LogP contribution is 2.45. The molecule has 0 bridgehead atoms. The lowest BCUT2D eigenvalue weighted by atomic mass is 9.99. The highest BCUT2D eigenvalue weighted by Gasteiger charge is 2.30. The van der Waals surface area contributed by atoms with Crippen molar-refractivity contribution in [2.45, 2.75) is 445 Å². The Kier molecular flexibility index (Phi) is 71.2. The van der Waals surface area contributed by atoms with Crippen LogP contribution in [0.15, 0.2) is 0 Å². The lowest BCUT2D eigenvalue weighted by molar-refractivity contribution is -0.161. The zero-order valence-corrected chi connectivity index (χ0v) is 67.3. The Labute approximate surface area is 613 Å². The summed E-state index contributed by atoms with van der Waals surface area (Å²) in [4.78, 5) is 73.0. The van der Waals surface area contributed by atoms with E-state index in [9.17, 15) is 43.2 Å². The number of phosphoric acid groups is 2. The summed E-state index contributed by atoms with van der Waals surface area (Å²) in [7, 11) is -9.92. The molecule has 594 valence electrons. The fourth-order valence-electron chi connectivity index (χ4n) is 12.5. The molecular weight excluding hydrogens is 1310 g/mol. The molecule has 0 amide bonds. The minimum Gasteiger partial charge on any atom is -0.462 e. The van der Waals surface area contributed by atoms with Crippen molar-refractivity contribution in [3.8, 4) is 0 Å². The number of esters is 4. The van der Waals surface area contributed by atoms with Gasteiger partial charge in [0.25, 0.3) is 0 Å². The number of ether oxygens (including phenoxy) is 4. The third kappa shape index (κ3) is 71.7. The fraction of sp³-hybridized carbons (Fsp3) is 0.951. The number of hydrogen-bond donors (Lipinski definition) is 3. The molecule has 7 atom stereocenters. The van der Waals surface area contributed by atoms with Gasteiger partial charge in [0.2, 0.25) is 0 Å². The Bertz CT molecular complexity index is 1930. The van der Waals surface area contributed by atoms with Crippen molar-refractivity contribution < 1.29 is 80.2 Å². The second-order valence-corrected chi connectivity index (χ2v) is 32.6. The van der Waals surface area contributed by atoms with Crippen molar-refractivity contribution in [1.29, 1.82) is 0 Å². The molecule has 0 aromatic rings. The maximum Gasteiger partial charge on any atom is 0.472 e. The first-order chi connectivity index (χ1) is 48.4. The van der Waals surface area contributed by atoms with E-state index < -0.39 is 97.5 Å². The highest BCUT2D eigenvalue weighted by atomic mass is 31.2. The van der Waals surface area contributed by atoms with E-state index in [0.717, 1.165) is 102 Å². The van der Waals surface area contributed by atoms with Gasteiger partial charge >= 0.3 is 39.5 Å². The third-order valence-corrected chi connectivity index (χ3v) is 21.6. The van der Waals surface area contributed by atoms with Crippen molar-refractivity contribution in [2.75, 3.05) is 39.6 Å². The van der Waals surface area contributed by atoms with E-state index in [1.807, 2.05) is 0 Å². The summed E-state index contributed by atoms with van der Waals surface area (Å²) >= 11 is 0. The van der Waals surface area contributed by atoms with Crippen LogP contribution in [-0.2, 0) is 65.4 Å². The van der Waals surface area contributed by atoms with E-state index in [0.29, 0.717) is 25.7 Å². The topological polar surface area (TPSA) is 237 Å². The Balaban J connectivity index is 5.21. The summed E-state index contributed by atoms with van der Waals surface area (Å²) in [6, 6.07) is 0. The van der Waals surface area contributed by atoms with Gasteiger partial charge in [-0.15, -0.1) is 0 Å². The first-order valence-corrected chi connectivity index (χ1v) is 45.1. The van der Waals surface area contributed by atoms with Crippen LogP contribution in [0.1, 0.15) is 427 Å². The van der Waals surface area contributed by atoms with Gasteiger partial charge in [-0.2, -0.15) is 0 Å². The van der Waals surface area contributed by atoms with Crippen molar-refractivity contribution in [1.82, 2.24) is 0 Å². The second kappa shape index (κ2) is 72.6. The summed E-state index contributed by atoms with van der Waals surface area (Å²) in [6.07, 6.45) is 62.3. The van der Waals surface area contributed by atoms with Crippen LogP contribution in [0.5, 0.6) is 0 Å². The van der Waals surface area contributed by atoms with Gasteiger partial charge in [0.15, 0.2) is 12.2 Å². The molecule has 0 saturated carbocycles. The molecular formula is C81H158O17P2. The predicted octanol–water partition coefficient (Wildman–Crippen LogP) is 24.3. The zero-order chi connectivity index (χ0) is 73.5. The summed E-state index contributed by atoms with van der Waals surface area (Å²) in [5.41, 5.74) is 0. The predicted molar refractivity (Wildman–Crippen MR) is 409 cm³/mol. The average molecular weight is 1470 g/mol. The third-order valence-electron chi connectivity index (χ3n) is 19.7. The van der Waals surface area contributed by atoms with Gasteiger partial charge in [-0.05, 0) is 37.5 Å².